The molecule has 0 aromatic heterocycles. The van der Waals surface area contributed by atoms with Gasteiger partial charge in [0.15, 0.2) is 0 Å². The molecule has 0 atom stereocenters. The molecule has 0 radical (unpaired) electrons. The van der Waals surface area contributed by atoms with Crippen LogP contribution in [0.5, 0.6) is 0 Å². The zero-order chi connectivity index (χ0) is 18.6. The molecule has 0 amide bonds. The van der Waals surface area contributed by atoms with E-state index in [2.05, 4.69) is 16.1 Å². The smallest absolute Gasteiger partial charge is 0.261 e. The van der Waals surface area contributed by atoms with Crippen LogP contribution >= 0.6 is 11.6 Å². The summed E-state index contributed by atoms with van der Waals surface area (Å²) in [5.74, 6) is 0. The van der Waals surface area contributed by atoms with Gasteiger partial charge in [-0.25, -0.2) is 8.42 Å². The van der Waals surface area contributed by atoms with Crippen molar-refractivity contribution in [1.82, 2.24) is 0 Å². The van der Waals surface area contributed by atoms with Gasteiger partial charge in [0, 0.05) is 16.4 Å². The molecule has 0 saturated carbocycles. The topological polar surface area (TPSA) is 82.0 Å². The molecule has 7 heteroatoms. The molecule has 0 aliphatic heterocycles. The van der Waals surface area contributed by atoms with E-state index in [0.717, 1.165) is 5.69 Å². The first-order valence-electron chi connectivity index (χ1n) is 7.62. The molecule has 3 aromatic rings. The highest BCUT2D eigenvalue weighted by molar-refractivity contribution is 7.92. The molecular formula is C19H14ClN3O2S. The third-order valence-corrected chi connectivity index (χ3v) is 5.18. The van der Waals surface area contributed by atoms with E-state index in [1.165, 1.54) is 12.1 Å². The Bertz CT molecular complexity index is 1070. The molecule has 2 N–H and O–H groups in total. The number of nitriles is 1. The number of halogens is 1. The van der Waals surface area contributed by atoms with E-state index >= 15 is 0 Å². The average molecular weight is 384 g/mol. The molecule has 26 heavy (non-hydrogen) atoms. The Morgan fingerprint density at radius 2 is 1.58 bits per heavy atom. The van der Waals surface area contributed by atoms with E-state index in [0.29, 0.717) is 22.0 Å². The number of nitrogens with one attached hydrogen (secondary N) is 2. The Kier molecular flexibility index (Phi) is 5.12. The molecule has 0 spiro atoms. The molecule has 0 unspecified atom stereocenters. The van der Waals surface area contributed by atoms with Crippen LogP contribution in [0.15, 0.2) is 77.7 Å². The summed E-state index contributed by atoms with van der Waals surface area (Å²) in [5, 5.41) is 12.6. The van der Waals surface area contributed by atoms with E-state index in [-0.39, 0.29) is 4.90 Å². The fourth-order valence-electron chi connectivity index (χ4n) is 2.31. The molecule has 5 nitrogen and oxygen atoms in total. The number of benzene rings is 3. The third kappa shape index (κ3) is 4.14. The van der Waals surface area contributed by atoms with E-state index in [4.69, 9.17) is 16.9 Å². The molecule has 0 bridgehead atoms. The number of nitrogens with zero attached hydrogens (tertiary/aromatic N) is 1. The second-order valence-electron chi connectivity index (χ2n) is 5.42. The van der Waals surface area contributed by atoms with Gasteiger partial charge in [-0.1, -0.05) is 29.8 Å². The van der Waals surface area contributed by atoms with Gasteiger partial charge in [-0.15, -0.1) is 0 Å². The second kappa shape index (κ2) is 7.48. The van der Waals surface area contributed by atoms with Gasteiger partial charge in [0.1, 0.15) is 6.07 Å². The first kappa shape index (κ1) is 17.8. The fraction of sp³-hybridized carbons (Fsp3) is 0. The van der Waals surface area contributed by atoms with Gasteiger partial charge in [0.25, 0.3) is 10.0 Å². The highest BCUT2D eigenvalue weighted by Gasteiger charge is 2.14. The Morgan fingerprint density at radius 3 is 2.27 bits per heavy atom. The van der Waals surface area contributed by atoms with Crippen LogP contribution in [0.3, 0.4) is 0 Å². The highest BCUT2D eigenvalue weighted by atomic mass is 35.5. The maximum atomic E-state index is 12.4. The van der Waals surface area contributed by atoms with Crippen LogP contribution in [0, 0.1) is 11.3 Å². The first-order chi connectivity index (χ1) is 12.5. The van der Waals surface area contributed by atoms with Gasteiger partial charge in [-0.3, -0.25) is 4.72 Å². The van der Waals surface area contributed by atoms with Gasteiger partial charge < -0.3 is 5.32 Å². The van der Waals surface area contributed by atoms with Crippen LogP contribution < -0.4 is 10.0 Å². The third-order valence-electron chi connectivity index (χ3n) is 3.57. The van der Waals surface area contributed by atoms with Crippen molar-refractivity contribution in [2.24, 2.45) is 0 Å². The Labute approximate surface area is 156 Å². The SMILES string of the molecule is N#Cc1ccccc1Nc1ccc(NS(=O)(=O)c2cccc(Cl)c2)cc1. The van der Waals surface area contributed by atoms with Gasteiger partial charge in [-0.05, 0) is 54.6 Å². The lowest BCUT2D eigenvalue weighted by Crippen LogP contribution is -2.12. The van der Waals surface area contributed by atoms with Crippen molar-refractivity contribution >= 4 is 38.7 Å². The van der Waals surface area contributed by atoms with Crippen LogP contribution in [-0.4, -0.2) is 8.42 Å². The normalized spacial score (nSPS) is 10.8. The summed E-state index contributed by atoms with van der Waals surface area (Å²) >= 11 is 5.85. The van der Waals surface area contributed by atoms with Crippen molar-refractivity contribution in [3.8, 4) is 6.07 Å². The standard InChI is InChI=1S/C19H14ClN3O2S/c20-15-5-3-6-18(12-15)26(24,25)23-17-10-8-16(9-11-17)22-19-7-2-1-4-14(19)13-21/h1-12,22-23H. The molecule has 0 saturated heterocycles. The zero-order valence-electron chi connectivity index (χ0n) is 13.5. The molecular weight excluding hydrogens is 370 g/mol. The molecule has 0 aliphatic rings. The predicted octanol–water partition coefficient (Wildman–Crippen LogP) is 4.76. The summed E-state index contributed by atoms with van der Waals surface area (Å²) in [7, 11) is -3.72. The van der Waals surface area contributed by atoms with E-state index in [9.17, 15) is 8.42 Å². The lowest BCUT2D eigenvalue weighted by atomic mass is 10.2. The zero-order valence-corrected chi connectivity index (χ0v) is 15.1. The molecule has 0 fully saturated rings. The lowest BCUT2D eigenvalue weighted by Gasteiger charge is -2.11. The average Bonchev–Trinajstić information content (AvgIpc) is 2.63. The molecule has 0 aliphatic carbocycles. The van der Waals surface area contributed by atoms with Crippen LogP contribution in [0.1, 0.15) is 5.56 Å². The van der Waals surface area contributed by atoms with Crippen LogP contribution in [0.4, 0.5) is 17.1 Å². The molecule has 0 heterocycles. The first-order valence-corrected chi connectivity index (χ1v) is 9.49. The number of para-hydroxylation sites is 1. The van der Waals surface area contributed by atoms with Crippen molar-refractivity contribution in [2.45, 2.75) is 4.90 Å². The van der Waals surface area contributed by atoms with E-state index < -0.39 is 10.0 Å². The lowest BCUT2D eigenvalue weighted by molar-refractivity contribution is 0.601. The summed E-state index contributed by atoms with van der Waals surface area (Å²) in [6.45, 7) is 0. The van der Waals surface area contributed by atoms with Gasteiger partial charge in [0.2, 0.25) is 0 Å². The summed E-state index contributed by atoms with van der Waals surface area (Å²) < 4.78 is 27.3. The Morgan fingerprint density at radius 1 is 0.885 bits per heavy atom. The maximum absolute atomic E-state index is 12.4. The fourth-order valence-corrected chi connectivity index (χ4v) is 3.67. The van der Waals surface area contributed by atoms with E-state index in [1.807, 2.05) is 6.07 Å². The van der Waals surface area contributed by atoms with Crippen molar-refractivity contribution in [1.29, 1.82) is 5.26 Å². The second-order valence-corrected chi connectivity index (χ2v) is 7.54. The van der Waals surface area contributed by atoms with E-state index in [1.54, 1.807) is 54.6 Å². The van der Waals surface area contributed by atoms with Gasteiger partial charge in [-0.2, -0.15) is 5.26 Å². The quantitative estimate of drug-likeness (QED) is 0.665. The molecule has 3 aromatic carbocycles. The Hall–Kier alpha value is -3.01. The Balaban J connectivity index is 1.77. The number of anilines is 3. The maximum Gasteiger partial charge on any atom is 0.261 e. The van der Waals surface area contributed by atoms with Crippen LogP contribution in [-0.2, 0) is 10.0 Å². The largest absolute Gasteiger partial charge is 0.354 e. The summed E-state index contributed by atoms with van der Waals surface area (Å²) in [6, 6.07) is 22.0. The number of hydrogen-bond donors (Lipinski definition) is 2. The minimum atomic E-state index is -3.72. The highest BCUT2D eigenvalue weighted by Crippen LogP contribution is 2.23. The number of sulfonamides is 1. The minimum absolute atomic E-state index is 0.0927. The molecule has 3 rings (SSSR count). The van der Waals surface area contributed by atoms with Gasteiger partial charge in [0.05, 0.1) is 16.1 Å². The summed E-state index contributed by atoms with van der Waals surface area (Å²) in [6.07, 6.45) is 0. The predicted molar refractivity (Wildman–Crippen MR) is 103 cm³/mol. The number of rotatable bonds is 5. The number of hydrogen-bond acceptors (Lipinski definition) is 4. The van der Waals surface area contributed by atoms with Crippen molar-refractivity contribution in [3.63, 3.8) is 0 Å². The monoisotopic (exact) mass is 383 g/mol. The summed E-state index contributed by atoms with van der Waals surface area (Å²) in [4.78, 5) is 0.0927. The van der Waals surface area contributed by atoms with Crippen molar-refractivity contribution in [3.05, 3.63) is 83.4 Å². The van der Waals surface area contributed by atoms with Crippen LogP contribution in [0.2, 0.25) is 5.02 Å². The van der Waals surface area contributed by atoms with Gasteiger partial charge >= 0.3 is 0 Å². The van der Waals surface area contributed by atoms with Crippen LogP contribution in [0.25, 0.3) is 0 Å². The molecule has 130 valence electrons. The van der Waals surface area contributed by atoms with Crippen molar-refractivity contribution in [2.75, 3.05) is 10.0 Å². The summed E-state index contributed by atoms with van der Waals surface area (Å²) in [5.41, 5.74) is 2.36. The van der Waals surface area contributed by atoms with Crippen molar-refractivity contribution < 1.29 is 8.42 Å². The minimum Gasteiger partial charge on any atom is -0.354 e.